The minimum atomic E-state index is 0.0189. The number of carbonyl (C=O) groups excluding carboxylic acids is 1. The van der Waals surface area contributed by atoms with Crippen LogP contribution in [0.2, 0.25) is 0 Å². The first-order valence-corrected chi connectivity index (χ1v) is 6.96. The van der Waals surface area contributed by atoms with E-state index in [2.05, 4.69) is 53.6 Å². The standard InChI is InChI=1S/C15H25N3O/c1-4-18(5-2)15-8-6-14(7-9-15)12-16-10-11-17-13(3)19/h6-9,16H,4-5,10-12H2,1-3H3,(H,17,19). The highest BCUT2D eigenvalue weighted by Crippen LogP contribution is 2.14. The molecule has 0 heterocycles. The Morgan fingerprint density at radius 3 is 2.26 bits per heavy atom. The fourth-order valence-electron chi connectivity index (χ4n) is 1.97. The van der Waals surface area contributed by atoms with Crippen LogP contribution in [0.25, 0.3) is 0 Å². The van der Waals surface area contributed by atoms with Crippen LogP contribution in [0.5, 0.6) is 0 Å². The molecular weight excluding hydrogens is 238 g/mol. The fraction of sp³-hybridized carbons (Fsp3) is 0.533. The lowest BCUT2D eigenvalue weighted by atomic mass is 10.2. The molecule has 0 aliphatic carbocycles. The van der Waals surface area contributed by atoms with E-state index in [4.69, 9.17) is 0 Å². The van der Waals surface area contributed by atoms with Crippen molar-refractivity contribution in [2.24, 2.45) is 0 Å². The largest absolute Gasteiger partial charge is 0.372 e. The van der Waals surface area contributed by atoms with Crippen LogP contribution < -0.4 is 15.5 Å². The van der Waals surface area contributed by atoms with E-state index < -0.39 is 0 Å². The molecule has 0 aliphatic rings. The number of hydrogen-bond donors (Lipinski definition) is 2. The summed E-state index contributed by atoms with van der Waals surface area (Å²) in [7, 11) is 0. The first-order valence-electron chi connectivity index (χ1n) is 6.96. The molecule has 1 amide bonds. The Bertz CT molecular complexity index is 371. The van der Waals surface area contributed by atoms with Gasteiger partial charge in [-0.15, -0.1) is 0 Å². The van der Waals surface area contributed by atoms with Crippen molar-refractivity contribution < 1.29 is 4.79 Å². The van der Waals surface area contributed by atoms with Crippen molar-refractivity contribution in [3.05, 3.63) is 29.8 Å². The first kappa shape index (κ1) is 15.5. The molecule has 4 nitrogen and oxygen atoms in total. The molecule has 0 fully saturated rings. The first-order chi connectivity index (χ1) is 9.17. The van der Waals surface area contributed by atoms with Crippen molar-refractivity contribution in [3.8, 4) is 0 Å². The predicted molar refractivity (Wildman–Crippen MR) is 80.4 cm³/mol. The summed E-state index contributed by atoms with van der Waals surface area (Å²) in [4.78, 5) is 13.0. The highest BCUT2D eigenvalue weighted by atomic mass is 16.1. The van der Waals surface area contributed by atoms with Gasteiger partial charge in [-0.25, -0.2) is 0 Å². The van der Waals surface area contributed by atoms with E-state index in [9.17, 15) is 4.79 Å². The Labute approximate surface area is 116 Å². The van der Waals surface area contributed by atoms with E-state index in [1.807, 2.05) is 0 Å². The summed E-state index contributed by atoms with van der Waals surface area (Å²) >= 11 is 0. The van der Waals surface area contributed by atoms with Gasteiger partial charge in [-0.3, -0.25) is 4.79 Å². The second-order valence-corrected chi connectivity index (χ2v) is 4.50. The van der Waals surface area contributed by atoms with E-state index in [1.165, 1.54) is 18.2 Å². The third-order valence-electron chi connectivity index (χ3n) is 3.07. The number of hydrogen-bond acceptors (Lipinski definition) is 3. The summed E-state index contributed by atoms with van der Waals surface area (Å²) in [5.74, 6) is 0.0189. The van der Waals surface area contributed by atoms with Crippen LogP contribution in [-0.2, 0) is 11.3 Å². The second-order valence-electron chi connectivity index (χ2n) is 4.50. The molecular formula is C15H25N3O. The van der Waals surface area contributed by atoms with Gasteiger partial charge in [0, 0.05) is 45.3 Å². The Morgan fingerprint density at radius 1 is 1.11 bits per heavy atom. The number of benzene rings is 1. The molecule has 0 aromatic heterocycles. The molecule has 106 valence electrons. The number of carbonyl (C=O) groups is 1. The van der Waals surface area contributed by atoms with Gasteiger partial charge in [0.15, 0.2) is 0 Å². The maximum absolute atomic E-state index is 10.7. The molecule has 0 unspecified atom stereocenters. The van der Waals surface area contributed by atoms with Crippen molar-refractivity contribution in [1.29, 1.82) is 0 Å². The smallest absolute Gasteiger partial charge is 0.216 e. The number of nitrogens with zero attached hydrogens (tertiary/aromatic N) is 1. The fourth-order valence-corrected chi connectivity index (χ4v) is 1.97. The van der Waals surface area contributed by atoms with Gasteiger partial charge in [-0.05, 0) is 31.5 Å². The van der Waals surface area contributed by atoms with Crippen LogP contribution in [0.3, 0.4) is 0 Å². The molecule has 0 radical (unpaired) electrons. The van der Waals surface area contributed by atoms with Crippen molar-refractivity contribution in [3.63, 3.8) is 0 Å². The maximum Gasteiger partial charge on any atom is 0.216 e. The van der Waals surface area contributed by atoms with Gasteiger partial charge >= 0.3 is 0 Å². The van der Waals surface area contributed by atoms with Gasteiger partial charge in [-0.1, -0.05) is 12.1 Å². The van der Waals surface area contributed by atoms with Crippen LogP contribution in [-0.4, -0.2) is 32.1 Å². The lowest BCUT2D eigenvalue weighted by Crippen LogP contribution is -2.29. The Hall–Kier alpha value is -1.55. The maximum atomic E-state index is 10.7. The molecule has 0 aliphatic heterocycles. The number of anilines is 1. The van der Waals surface area contributed by atoms with Crippen molar-refractivity contribution in [2.45, 2.75) is 27.3 Å². The predicted octanol–water partition coefficient (Wildman–Crippen LogP) is 1.76. The zero-order chi connectivity index (χ0) is 14.1. The van der Waals surface area contributed by atoms with Crippen LogP contribution >= 0.6 is 0 Å². The van der Waals surface area contributed by atoms with E-state index in [0.29, 0.717) is 6.54 Å². The quantitative estimate of drug-likeness (QED) is 0.702. The average molecular weight is 263 g/mol. The minimum Gasteiger partial charge on any atom is -0.372 e. The molecule has 1 aromatic rings. The lowest BCUT2D eigenvalue weighted by molar-refractivity contribution is -0.118. The number of rotatable bonds is 8. The molecule has 0 atom stereocenters. The van der Waals surface area contributed by atoms with Gasteiger partial charge in [0.2, 0.25) is 5.91 Å². The monoisotopic (exact) mass is 263 g/mol. The highest BCUT2D eigenvalue weighted by Gasteiger charge is 2.01. The van der Waals surface area contributed by atoms with Gasteiger partial charge < -0.3 is 15.5 Å². The summed E-state index contributed by atoms with van der Waals surface area (Å²) < 4.78 is 0. The summed E-state index contributed by atoms with van der Waals surface area (Å²) in [5.41, 5.74) is 2.53. The van der Waals surface area contributed by atoms with Crippen LogP contribution in [0.4, 0.5) is 5.69 Å². The van der Waals surface area contributed by atoms with E-state index in [1.54, 1.807) is 0 Å². The van der Waals surface area contributed by atoms with Gasteiger partial charge in [0.1, 0.15) is 0 Å². The molecule has 2 N–H and O–H groups in total. The lowest BCUT2D eigenvalue weighted by Gasteiger charge is -2.21. The zero-order valence-corrected chi connectivity index (χ0v) is 12.2. The molecule has 1 aromatic carbocycles. The Morgan fingerprint density at radius 2 is 1.74 bits per heavy atom. The van der Waals surface area contributed by atoms with Crippen molar-refractivity contribution in [1.82, 2.24) is 10.6 Å². The van der Waals surface area contributed by atoms with Crippen molar-refractivity contribution in [2.75, 3.05) is 31.1 Å². The van der Waals surface area contributed by atoms with E-state index in [0.717, 1.165) is 26.2 Å². The third kappa shape index (κ3) is 5.75. The zero-order valence-electron chi connectivity index (χ0n) is 12.2. The highest BCUT2D eigenvalue weighted by molar-refractivity contribution is 5.72. The molecule has 4 heteroatoms. The Kier molecular flexibility index (Phi) is 6.97. The summed E-state index contributed by atoms with van der Waals surface area (Å²) in [5, 5.41) is 6.07. The van der Waals surface area contributed by atoms with E-state index >= 15 is 0 Å². The SMILES string of the molecule is CCN(CC)c1ccc(CNCCNC(C)=O)cc1. The number of nitrogens with one attached hydrogen (secondary N) is 2. The molecule has 0 bridgehead atoms. The van der Waals surface area contributed by atoms with Gasteiger partial charge in [-0.2, -0.15) is 0 Å². The van der Waals surface area contributed by atoms with Gasteiger partial charge in [0.05, 0.1) is 0 Å². The summed E-state index contributed by atoms with van der Waals surface area (Å²) in [6, 6.07) is 8.63. The Balaban J connectivity index is 2.34. The topological polar surface area (TPSA) is 44.4 Å². The third-order valence-corrected chi connectivity index (χ3v) is 3.07. The number of amides is 1. The molecule has 1 rings (SSSR count). The van der Waals surface area contributed by atoms with Crippen LogP contribution in [0.15, 0.2) is 24.3 Å². The van der Waals surface area contributed by atoms with Gasteiger partial charge in [0.25, 0.3) is 0 Å². The van der Waals surface area contributed by atoms with Crippen molar-refractivity contribution >= 4 is 11.6 Å². The minimum absolute atomic E-state index is 0.0189. The summed E-state index contributed by atoms with van der Waals surface area (Å²) in [6.07, 6.45) is 0. The van der Waals surface area contributed by atoms with Crippen LogP contribution in [0.1, 0.15) is 26.3 Å². The molecule has 0 spiro atoms. The normalized spacial score (nSPS) is 10.3. The summed E-state index contributed by atoms with van der Waals surface area (Å²) in [6.45, 7) is 10.2. The molecule has 0 saturated carbocycles. The average Bonchev–Trinajstić information content (AvgIpc) is 2.41. The second kappa shape index (κ2) is 8.53. The molecule has 0 saturated heterocycles. The molecule has 19 heavy (non-hydrogen) atoms. The van der Waals surface area contributed by atoms with Crippen LogP contribution in [0, 0.1) is 0 Å². The van der Waals surface area contributed by atoms with E-state index in [-0.39, 0.29) is 5.91 Å².